The highest BCUT2D eigenvalue weighted by atomic mass is 16.5. The van der Waals surface area contributed by atoms with Crippen LogP contribution in [-0.4, -0.2) is 26.6 Å². The lowest BCUT2D eigenvalue weighted by Gasteiger charge is -2.21. The second-order valence-electron chi connectivity index (χ2n) is 8.34. The molecule has 5 rings (SSSR count). The third kappa shape index (κ3) is 4.44. The number of hydrogen-bond acceptors (Lipinski definition) is 8. The molecule has 0 amide bonds. The summed E-state index contributed by atoms with van der Waals surface area (Å²) in [6.45, 7) is 1.85. The Morgan fingerprint density at radius 2 is 1.78 bits per heavy atom. The zero-order chi connectivity index (χ0) is 25.9. The summed E-state index contributed by atoms with van der Waals surface area (Å²) in [5.74, 6) is 1.48. The van der Waals surface area contributed by atoms with E-state index < -0.39 is 6.04 Å². The summed E-state index contributed by atoms with van der Waals surface area (Å²) in [4.78, 5) is 27.2. The molecule has 1 atom stereocenters. The van der Waals surface area contributed by atoms with Crippen molar-refractivity contribution in [3.8, 4) is 28.6 Å². The lowest BCUT2D eigenvalue weighted by molar-refractivity contribution is 0.415. The van der Waals surface area contributed by atoms with Crippen LogP contribution in [0.25, 0.3) is 27.7 Å². The number of fused-ring (bicyclic) bond motifs is 1. The molecule has 9 nitrogen and oxygen atoms in total. The molecule has 0 aliphatic carbocycles. The molecular weight excluding hydrogens is 466 g/mol. The fraction of sp³-hybridized carbons (Fsp3) is 0.107. The SMILES string of the molecule is COc1ccc(-c2cccc3nc([C@@H](C)Nc4nc(N)ncc4C#N)n(-c4ccccc4)c(=O)c23)cc1. The minimum absolute atomic E-state index is 0.0322. The standard InChI is InChI=1S/C28H23N7O2/c1-17(32-25-19(15-29)16-31-28(30)34-25)26-33-23-10-6-9-22(18-11-13-21(37-2)14-12-18)24(23)27(36)35(26)20-7-4-3-5-8-20/h3-14,16-17H,1-2H3,(H3,30,31,32,34)/t17-/m1/s1. The van der Waals surface area contributed by atoms with Gasteiger partial charge in [-0.2, -0.15) is 10.2 Å². The van der Waals surface area contributed by atoms with Crippen LogP contribution >= 0.6 is 0 Å². The van der Waals surface area contributed by atoms with Gasteiger partial charge in [0.25, 0.3) is 5.56 Å². The number of ether oxygens (including phenoxy) is 1. The van der Waals surface area contributed by atoms with Gasteiger partial charge in [0.15, 0.2) is 0 Å². The molecule has 5 aromatic rings. The van der Waals surface area contributed by atoms with Gasteiger partial charge < -0.3 is 15.8 Å². The number of rotatable bonds is 6. The zero-order valence-electron chi connectivity index (χ0n) is 20.2. The van der Waals surface area contributed by atoms with Crippen LogP contribution in [0, 0.1) is 11.3 Å². The van der Waals surface area contributed by atoms with E-state index in [1.807, 2.05) is 79.7 Å². The number of aromatic nitrogens is 4. The predicted octanol–water partition coefficient (Wildman–Crippen LogP) is 4.48. The fourth-order valence-corrected chi connectivity index (χ4v) is 4.23. The van der Waals surface area contributed by atoms with Crippen molar-refractivity contribution >= 4 is 22.7 Å². The first-order chi connectivity index (χ1) is 18.0. The summed E-state index contributed by atoms with van der Waals surface area (Å²) in [7, 11) is 1.61. The number of nitrogens with two attached hydrogens (primary N) is 1. The normalized spacial score (nSPS) is 11.6. The van der Waals surface area contributed by atoms with Crippen LogP contribution in [0.4, 0.5) is 11.8 Å². The molecule has 2 heterocycles. The number of anilines is 2. The van der Waals surface area contributed by atoms with Crippen molar-refractivity contribution in [2.24, 2.45) is 0 Å². The van der Waals surface area contributed by atoms with Crippen molar-refractivity contribution in [2.75, 3.05) is 18.2 Å². The van der Waals surface area contributed by atoms with E-state index in [0.29, 0.717) is 22.4 Å². The molecular formula is C28H23N7O2. The van der Waals surface area contributed by atoms with Crippen LogP contribution in [0.1, 0.15) is 24.4 Å². The molecule has 0 saturated carbocycles. The molecule has 0 radical (unpaired) electrons. The van der Waals surface area contributed by atoms with E-state index >= 15 is 0 Å². The molecule has 9 heteroatoms. The van der Waals surface area contributed by atoms with Gasteiger partial charge in [-0.05, 0) is 48.4 Å². The molecule has 3 N–H and O–H groups in total. The van der Waals surface area contributed by atoms with Crippen molar-refractivity contribution in [1.82, 2.24) is 19.5 Å². The maximum atomic E-state index is 14.2. The van der Waals surface area contributed by atoms with Crippen molar-refractivity contribution in [1.29, 1.82) is 5.26 Å². The third-order valence-corrected chi connectivity index (χ3v) is 6.01. The van der Waals surface area contributed by atoms with E-state index in [4.69, 9.17) is 15.5 Å². The highest BCUT2D eigenvalue weighted by molar-refractivity contribution is 5.94. The average Bonchev–Trinajstić information content (AvgIpc) is 2.93. The highest BCUT2D eigenvalue weighted by Crippen LogP contribution is 2.29. The van der Waals surface area contributed by atoms with Gasteiger partial charge in [0.2, 0.25) is 5.95 Å². The van der Waals surface area contributed by atoms with Crippen molar-refractivity contribution in [3.63, 3.8) is 0 Å². The molecule has 37 heavy (non-hydrogen) atoms. The van der Waals surface area contributed by atoms with E-state index in [9.17, 15) is 10.1 Å². The zero-order valence-corrected chi connectivity index (χ0v) is 20.2. The van der Waals surface area contributed by atoms with Gasteiger partial charge in [0, 0.05) is 0 Å². The molecule has 3 aromatic carbocycles. The first-order valence-electron chi connectivity index (χ1n) is 11.5. The summed E-state index contributed by atoms with van der Waals surface area (Å²) in [6, 6.07) is 24.0. The van der Waals surface area contributed by atoms with E-state index in [2.05, 4.69) is 21.4 Å². The molecule has 0 bridgehead atoms. The van der Waals surface area contributed by atoms with Gasteiger partial charge in [0.05, 0.1) is 35.9 Å². The Kier molecular flexibility index (Phi) is 6.22. The Labute approximate surface area is 212 Å². The molecule has 0 saturated heterocycles. The lowest BCUT2D eigenvalue weighted by Crippen LogP contribution is -2.28. The molecule has 0 aliphatic rings. The van der Waals surface area contributed by atoms with E-state index in [-0.39, 0.29) is 22.9 Å². The third-order valence-electron chi connectivity index (χ3n) is 6.01. The molecule has 2 aromatic heterocycles. The smallest absolute Gasteiger partial charge is 0.266 e. The molecule has 0 fully saturated rings. The summed E-state index contributed by atoms with van der Waals surface area (Å²) in [6.07, 6.45) is 1.36. The first kappa shape index (κ1) is 23.5. The average molecular weight is 490 g/mol. The second kappa shape index (κ2) is 9.79. The Balaban J connectivity index is 1.73. The quantitative estimate of drug-likeness (QED) is 0.357. The Bertz CT molecular complexity index is 1690. The van der Waals surface area contributed by atoms with Crippen LogP contribution in [0.15, 0.2) is 83.8 Å². The Hall–Kier alpha value is -5.23. The number of hydrogen-bond donors (Lipinski definition) is 2. The summed E-state index contributed by atoms with van der Waals surface area (Å²) in [5.41, 5.74) is 8.64. The van der Waals surface area contributed by atoms with E-state index in [1.54, 1.807) is 11.7 Å². The molecule has 0 aliphatic heterocycles. The summed E-state index contributed by atoms with van der Waals surface area (Å²) >= 11 is 0. The van der Waals surface area contributed by atoms with Crippen LogP contribution in [0.3, 0.4) is 0 Å². The Morgan fingerprint density at radius 3 is 2.49 bits per heavy atom. The maximum Gasteiger partial charge on any atom is 0.266 e. The molecule has 0 spiro atoms. The van der Waals surface area contributed by atoms with Gasteiger partial charge >= 0.3 is 0 Å². The van der Waals surface area contributed by atoms with Crippen molar-refractivity contribution in [2.45, 2.75) is 13.0 Å². The van der Waals surface area contributed by atoms with Crippen LogP contribution in [0.2, 0.25) is 0 Å². The van der Waals surface area contributed by atoms with Gasteiger partial charge in [0.1, 0.15) is 29.0 Å². The van der Waals surface area contributed by atoms with Gasteiger partial charge in [-0.1, -0.05) is 42.5 Å². The largest absolute Gasteiger partial charge is 0.497 e. The number of nitrogen functional groups attached to an aromatic ring is 1. The highest BCUT2D eigenvalue weighted by Gasteiger charge is 2.21. The van der Waals surface area contributed by atoms with Crippen LogP contribution in [0.5, 0.6) is 5.75 Å². The monoisotopic (exact) mass is 489 g/mol. The lowest BCUT2D eigenvalue weighted by atomic mass is 10.0. The number of nitrogens with one attached hydrogen (secondary N) is 1. The Morgan fingerprint density at radius 1 is 1.03 bits per heavy atom. The minimum atomic E-state index is -0.511. The predicted molar refractivity (Wildman–Crippen MR) is 143 cm³/mol. The van der Waals surface area contributed by atoms with E-state index in [0.717, 1.165) is 16.9 Å². The van der Waals surface area contributed by atoms with E-state index in [1.165, 1.54) is 6.20 Å². The van der Waals surface area contributed by atoms with Gasteiger partial charge in [-0.3, -0.25) is 9.36 Å². The minimum Gasteiger partial charge on any atom is -0.497 e. The van der Waals surface area contributed by atoms with Crippen molar-refractivity contribution in [3.05, 3.63) is 101 Å². The van der Waals surface area contributed by atoms with Crippen molar-refractivity contribution < 1.29 is 4.74 Å². The van der Waals surface area contributed by atoms with Gasteiger partial charge in [-0.25, -0.2) is 9.97 Å². The van der Waals surface area contributed by atoms with Crippen LogP contribution < -0.4 is 21.3 Å². The van der Waals surface area contributed by atoms with Crippen LogP contribution in [-0.2, 0) is 0 Å². The molecule has 0 unspecified atom stereocenters. The fourth-order valence-electron chi connectivity index (χ4n) is 4.23. The summed E-state index contributed by atoms with van der Waals surface area (Å²) in [5, 5.41) is 13.2. The number of para-hydroxylation sites is 1. The second-order valence-corrected chi connectivity index (χ2v) is 8.34. The number of benzene rings is 3. The first-order valence-corrected chi connectivity index (χ1v) is 11.5. The number of nitrogens with zero attached hydrogens (tertiary/aromatic N) is 5. The maximum absolute atomic E-state index is 14.2. The topological polar surface area (TPSA) is 132 Å². The number of methoxy groups -OCH3 is 1. The molecule has 182 valence electrons. The van der Waals surface area contributed by atoms with Gasteiger partial charge in [-0.15, -0.1) is 0 Å². The summed E-state index contributed by atoms with van der Waals surface area (Å²) < 4.78 is 6.87. The number of nitriles is 1.